The van der Waals surface area contributed by atoms with Crippen molar-refractivity contribution in [1.82, 2.24) is 0 Å². The summed E-state index contributed by atoms with van der Waals surface area (Å²) in [4.78, 5) is 0. The van der Waals surface area contributed by atoms with Crippen LogP contribution in [0.15, 0.2) is 22.7 Å². The van der Waals surface area contributed by atoms with E-state index in [-0.39, 0.29) is 11.9 Å². The molecule has 0 aliphatic carbocycles. The van der Waals surface area contributed by atoms with E-state index in [9.17, 15) is 4.39 Å². The highest BCUT2D eigenvalue weighted by Crippen LogP contribution is 2.25. The quantitative estimate of drug-likeness (QED) is 0.853. The Bertz CT molecular complexity index is 341. The van der Waals surface area contributed by atoms with Crippen molar-refractivity contribution in [2.24, 2.45) is 11.7 Å². The molecule has 1 aromatic carbocycles. The van der Waals surface area contributed by atoms with Crippen LogP contribution < -0.4 is 5.73 Å². The summed E-state index contributed by atoms with van der Waals surface area (Å²) in [5.41, 5.74) is 7.10. The molecule has 0 fully saturated rings. The zero-order valence-electron chi connectivity index (χ0n) is 9.84. The number of halogens is 2. The van der Waals surface area contributed by atoms with Crippen LogP contribution in [0.1, 0.15) is 44.7 Å². The van der Waals surface area contributed by atoms with Gasteiger partial charge in [0.1, 0.15) is 5.82 Å². The third-order valence-electron chi connectivity index (χ3n) is 2.81. The van der Waals surface area contributed by atoms with Gasteiger partial charge in [-0.05, 0) is 46.0 Å². The van der Waals surface area contributed by atoms with Gasteiger partial charge in [0.2, 0.25) is 0 Å². The summed E-state index contributed by atoms with van der Waals surface area (Å²) in [7, 11) is 0. The van der Waals surface area contributed by atoms with Gasteiger partial charge in [-0.3, -0.25) is 0 Å². The molecule has 0 bridgehead atoms. The van der Waals surface area contributed by atoms with E-state index in [0.717, 1.165) is 12.0 Å². The molecular weight excluding hydrogens is 269 g/mol. The summed E-state index contributed by atoms with van der Waals surface area (Å²) >= 11 is 3.18. The summed E-state index contributed by atoms with van der Waals surface area (Å²) in [6.45, 7) is 4.39. The van der Waals surface area contributed by atoms with E-state index in [1.54, 1.807) is 12.1 Å². The van der Waals surface area contributed by atoms with Crippen molar-refractivity contribution in [2.45, 2.75) is 39.2 Å². The molecule has 2 atom stereocenters. The zero-order chi connectivity index (χ0) is 12.1. The topological polar surface area (TPSA) is 26.0 Å². The Hall–Kier alpha value is -0.410. The second kappa shape index (κ2) is 6.36. The fourth-order valence-electron chi connectivity index (χ4n) is 1.92. The first-order chi connectivity index (χ1) is 7.54. The van der Waals surface area contributed by atoms with Crippen molar-refractivity contribution in [3.05, 3.63) is 34.1 Å². The summed E-state index contributed by atoms with van der Waals surface area (Å²) < 4.78 is 13.5. The zero-order valence-corrected chi connectivity index (χ0v) is 11.4. The predicted octanol–water partition coefficient (Wildman–Crippen LogP) is 4.41. The lowest BCUT2D eigenvalue weighted by molar-refractivity contribution is 0.440. The summed E-state index contributed by atoms with van der Waals surface area (Å²) in [6.07, 6.45) is 3.32. The average Bonchev–Trinajstić information content (AvgIpc) is 2.22. The highest BCUT2D eigenvalue weighted by atomic mass is 79.9. The maximum atomic E-state index is 13.1. The summed E-state index contributed by atoms with van der Waals surface area (Å²) in [5, 5.41) is 0. The normalized spacial score (nSPS) is 14.8. The number of benzene rings is 1. The molecule has 90 valence electrons. The fraction of sp³-hybridized carbons (Fsp3) is 0.538. The summed E-state index contributed by atoms with van der Waals surface area (Å²) in [6, 6.07) is 5.00. The molecule has 16 heavy (non-hydrogen) atoms. The van der Waals surface area contributed by atoms with Gasteiger partial charge < -0.3 is 5.73 Å². The van der Waals surface area contributed by atoms with Crippen molar-refractivity contribution >= 4 is 15.9 Å². The Morgan fingerprint density at radius 2 is 2.12 bits per heavy atom. The lowest BCUT2D eigenvalue weighted by Crippen LogP contribution is -2.14. The second-order valence-corrected chi connectivity index (χ2v) is 5.26. The molecule has 0 heterocycles. The van der Waals surface area contributed by atoms with Crippen LogP contribution in [0.25, 0.3) is 0 Å². The molecule has 1 aromatic rings. The van der Waals surface area contributed by atoms with Crippen LogP contribution in [0.4, 0.5) is 4.39 Å². The number of rotatable bonds is 5. The van der Waals surface area contributed by atoms with Gasteiger partial charge in [0.15, 0.2) is 0 Å². The van der Waals surface area contributed by atoms with Crippen LogP contribution in [-0.4, -0.2) is 0 Å². The van der Waals surface area contributed by atoms with Gasteiger partial charge in [-0.1, -0.05) is 32.8 Å². The molecule has 0 radical (unpaired) electrons. The molecule has 0 saturated heterocycles. The molecule has 0 saturated carbocycles. The molecule has 0 spiro atoms. The van der Waals surface area contributed by atoms with Crippen molar-refractivity contribution < 1.29 is 4.39 Å². The molecule has 1 nitrogen and oxygen atoms in total. The van der Waals surface area contributed by atoms with Crippen LogP contribution in [0.3, 0.4) is 0 Å². The van der Waals surface area contributed by atoms with E-state index < -0.39 is 0 Å². The Labute approximate surface area is 105 Å². The third kappa shape index (κ3) is 3.87. The van der Waals surface area contributed by atoms with Gasteiger partial charge in [0.05, 0.1) is 4.47 Å². The van der Waals surface area contributed by atoms with Crippen LogP contribution >= 0.6 is 15.9 Å². The Morgan fingerprint density at radius 1 is 1.44 bits per heavy atom. The van der Waals surface area contributed by atoms with Gasteiger partial charge in [-0.25, -0.2) is 4.39 Å². The lowest BCUT2D eigenvalue weighted by Gasteiger charge is -2.17. The molecule has 0 aliphatic heterocycles. The van der Waals surface area contributed by atoms with Crippen molar-refractivity contribution in [3.8, 4) is 0 Å². The number of hydrogen-bond donors (Lipinski definition) is 1. The predicted molar refractivity (Wildman–Crippen MR) is 69.7 cm³/mol. The van der Waals surface area contributed by atoms with Crippen LogP contribution in [-0.2, 0) is 0 Å². The number of hydrogen-bond acceptors (Lipinski definition) is 1. The molecule has 1 rings (SSSR count). The maximum absolute atomic E-state index is 13.1. The maximum Gasteiger partial charge on any atom is 0.137 e. The third-order valence-corrected chi connectivity index (χ3v) is 3.42. The van der Waals surface area contributed by atoms with Crippen molar-refractivity contribution in [3.63, 3.8) is 0 Å². The van der Waals surface area contributed by atoms with E-state index in [1.807, 2.05) is 0 Å². The van der Waals surface area contributed by atoms with Gasteiger partial charge in [0, 0.05) is 6.04 Å². The van der Waals surface area contributed by atoms with Gasteiger partial charge in [0.25, 0.3) is 0 Å². The second-order valence-electron chi connectivity index (χ2n) is 4.41. The molecular formula is C13H19BrFN. The minimum atomic E-state index is -0.238. The Balaban J connectivity index is 2.65. The van der Waals surface area contributed by atoms with Crippen LogP contribution in [0.5, 0.6) is 0 Å². The molecule has 2 unspecified atom stereocenters. The van der Waals surface area contributed by atoms with E-state index >= 15 is 0 Å². The summed E-state index contributed by atoms with van der Waals surface area (Å²) in [5.74, 6) is 0.376. The van der Waals surface area contributed by atoms with Crippen molar-refractivity contribution in [2.75, 3.05) is 0 Å². The number of nitrogens with two attached hydrogens (primary N) is 1. The monoisotopic (exact) mass is 287 g/mol. The SMILES string of the molecule is CCCC(C)CC(N)c1ccc(F)c(Br)c1. The Morgan fingerprint density at radius 3 is 2.69 bits per heavy atom. The van der Waals surface area contributed by atoms with Gasteiger partial charge in [-0.15, -0.1) is 0 Å². The van der Waals surface area contributed by atoms with Crippen molar-refractivity contribution in [1.29, 1.82) is 0 Å². The highest BCUT2D eigenvalue weighted by molar-refractivity contribution is 9.10. The first kappa shape index (κ1) is 13.7. The van der Waals surface area contributed by atoms with Crippen LogP contribution in [0, 0.1) is 11.7 Å². The van der Waals surface area contributed by atoms with E-state index in [4.69, 9.17) is 5.73 Å². The minimum Gasteiger partial charge on any atom is -0.324 e. The molecule has 2 N–H and O–H groups in total. The molecule has 0 aliphatic rings. The first-order valence-electron chi connectivity index (χ1n) is 5.75. The molecule has 0 amide bonds. The largest absolute Gasteiger partial charge is 0.324 e. The molecule has 0 aromatic heterocycles. The Kier molecular flexibility index (Phi) is 5.42. The fourth-order valence-corrected chi connectivity index (χ4v) is 2.32. The van der Waals surface area contributed by atoms with Gasteiger partial charge >= 0.3 is 0 Å². The minimum absolute atomic E-state index is 0.00144. The van der Waals surface area contributed by atoms with Gasteiger partial charge in [-0.2, -0.15) is 0 Å². The van der Waals surface area contributed by atoms with E-state index in [1.165, 1.54) is 18.9 Å². The average molecular weight is 288 g/mol. The molecule has 3 heteroatoms. The smallest absolute Gasteiger partial charge is 0.137 e. The highest BCUT2D eigenvalue weighted by Gasteiger charge is 2.12. The first-order valence-corrected chi connectivity index (χ1v) is 6.54. The van der Waals surface area contributed by atoms with Crippen LogP contribution in [0.2, 0.25) is 0 Å². The standard InChI is InChI=1S/C13H19BrFN/c1-3-4-9(2)7-13(16)10-5-6-12(15)11(14)8-10/h5-6,8-9,13H,3-4,7,16H2,1-2H3. The van der Waals surface area contributed by atoms with E-state index in [2.05, 4.69) is 29.8 Å². The van der Waals surface area contributed by atoms with E-state index in [0.29, 0.717) is 10.4 Å². The lowest BCUT2D eigenvalue weighted by atomic mass is 9.94.